The Labute approximate surface area is 912 Å². The largest absolute Gasteiger partial charge is 0.477 e. The summed E-state index contributed by atoms with van der Waals surface area (Å²) in [5, 5.41) is 14.5. The Morgan fingerprint density at radius 3 is 0.699 bits per heavy atom. The van der Waals surface area contributed by atoms with Crippen LogP contribution in [-0.2, 0) is 80.4 Å². The third-order valence-electron chi connectivity index (χ3n) is 23.1. The van der Waals surface area contributed by atoms with Crippen molar-refractivity contribution in [3.05, 3.63) is 444 Å². The number of para-hydroxylation sites is 1. The zero-order valence-corrected chi connectivity index (χ0v) is 104. The maximum Gasteiger partial charge on any atom is 0.354 e. The minimum absolute atomic E-state index is 0. The Morgan fingerprint density at radius 2 is 0.476 bits per heavy atom. The van der Waals surface area contributed by atoms with Crippen LogP contribution in [-0.4, -0.2) is 104 Å². The second-order valence-corrected chi connectivity index (χ2v) is 82.2. The van der Waals surface area contributed by atoms with E-state index < -0.39 is 59.0 Å². The number of aromatic carboxylic acids is 1. The molecule has 20 aromatic rings. The van der Waals surface area contributed by atoms with Gasteiger partial charge in [0.05, 0.1) is 5.52 Å². The van der Waals surface area contributed by atoms with Crippen LogP contribution in [0.5, 0.6) is 0 Å². The van der Waals surface area contributed by atoms with Gasteiger partial charge in [-0.2, -0.15) is 0 Å². The smallest absolute Gasteiger partial charge is 0.354 e. The van der Waals surface area contributed by atoms with Gasteiger partial charge in [0.15, 0.2) is 0 Å². The summed E-state index contributed by atoms with van der Waals surface area (Å²) in [4.78, 5) is 46.2. The topological polar surface area (TPSA) is 140 Å². The van der Waals surface area contributed by atoms with Crippen LogP contribution >= 0.6 is 0 Å². The first-order chi connectivity index (χ1) is 66.3. The Morgan fingerprint density at radius 1 is 0.231 bits per heavy atom. The van der Waals surface area contributed by atoms with Gasteiger partial charge in [-0.25, -0.2) is 9.78 Å². The molecule has 0 bridgehead atoms. The number of pyridine rings is 8. The molecule has 4 radical (unpaired) electrons. The van der Waals surface area contributed by atoms with E-state index in [0.29, 0.717) is 0 Å². The molecule has 0 aliphatic heterocycles. The summed E-state index contributed by atoms with van der Waals surface area (Å²) in [7, 11) is 0. The molecule has 0 spiro atoms. The second-order valence-electron chi connectivity index (χ2n) is 39.6. The maximum atomic E-state index is 10.1. The van der Waals surface area contributed by atoms with E-state index in [1.165, 1.54) is 84.6 Å². The number of hydrogen-bond acceptors (Lipinski definition) is 9. The number of benzene rings is 12. The van der Waals surface area contributed by atoms with Crippen LogP contribution in [0.15, 0.2) is 340 Å². The van der Waals surface area contributed by atoms with Gasteiger partial charge in [0.1, 0.15) is 5.69 Å². The zero-order valence-electron chi connectivity index (χ0n) is 85.6. The average Bonchev–Trinajstić information content (AvgIpc) is 0.801. The van der Waals surface area contributed by atoms with Gasteiger partial charge >= 0.3 is 548 Å². The van der Waals surface area contributed by atoms with Crippen molar-refractivity contribution in [1.29, 1.82) is 0 Å². The van der Waals surface area contributed by atoms with Gasteiger partial charge in [0.2, 0.25) is 0 Å². The number of rotatable bonds is 12. The molecule has 0 unspecified atom stereocenters. The number of carboxylic acids is 1. The molecule has 12 aromatic carbocycles. The number of carbonyl (C=O) groups is 1. The van der Waals surface area contributed by atoms with Crippen molar-refractivity contribution < 1.29 is 90.3 Å². The van der Waals surface area contributed by atoms with Gasteiger partial charge in [-0.15, -0.1) is 107 Å². The number of carboxylic acid groups (broad SMARTS) is 1. The summed E-state index contributed by atoms with van der Waals surface area (Å²) >= 11 is -7.12. The SMILES string of the molecule is Cc1[c-]c(-c2ccc3c[c]([Ge]([CH3])([CH3])[CH3])ccc3n2)cc(C)c1.Cc1[c-]c(-c2ccc3c[c]([Ge]([CH3])([CH3])[CH3])ccc3n2)cc(C)c1.Cc1[c-]c(-c2ccc3c[c]([Ge]([CH3])([CH3])[CH3])ccc3n2)cc(C)c1.Cc1[c-]c(-c2ccc3c[c]([Ge]([CH3])([CH3])[CH3])ccc3n2)cc(C)c1.Cc1[c-]c(-c2ccc3ccccc3n2)cc(C)c1.O=C(O)c1ccccn1.[Ir].[Ir].[Ir].[Ir].[c-]1ccccc1-c1ccccn1.[c-]1ccccc1-c1ccccn1. The molecular weight excluding hydrogens is 2700 g/mol. The van der Waals surface area contributed by atoms with Gasteiger partial charge in [0.25, 0.3) is 0 Å². The first kappa shape index (κ1) is 116. The molecule has 143 heavy (non-hydrogen) atoms. The second kappa shape index (κ2) is 53.5. The van der Waals surface area contributed by atoms with Crippen molar-refractivity contribution in [3.63, 3.8) is 0 Å². The number of aryl methyl sites for hydroxylation is 10. The van der Waals surface area contributed by atoms with E-state index in [1.807, 2.05) is 103 Å². The van der Waals surface area contributed by atoms with Crippen LogP contribution in [0.4, 0.5) is 0 Å². The normalized spacial score (nSPS) is 10.8. The summed E-state index contributed by atoms with van der Waals surface area (Å²) in [5.41, 5.74) is 31.9. The molecule has 0 saturated heterocycles. The van der Waals surface area contributed by atoms with Crippen LogP contribution in [0.25, 0.3) is 133 Å². The summed E-state index contributed by atoms with van der Waals surface area (Å²) in [6.07, 6.45) is 5.02. The van der Waals surface area contributed by atoms with Crippen LogP contribution in [0, 0.1) is 112 Å². The van der Waals surface area contributed by atoms with Crippen molar-refractivity contribution in [1.82, 2.24) is 39.9 Å². The van der Waals surface area contributed by atoms with E-state index in [4.69, 9.17) is 30.0 Å². The average molecular weight is 2830 g/mol. The third-order valence-corrected chi connectivity index (χ3v) is 40.3. The van der Waals surface area contributed by atoms with Crippen molar-refractivity contribution in [2.45, 2.75) is 138 Å². The van der Waals surface area contributed by atoms with Crippen LogP contribution in [0.2, 0.25) is 69.1 Å². The summed E-state index contributed by atoms with van der Waals surface area (Å²) in [6, 6.07) is 134. The van der Waals surface area contributed by atoms with E-state index in [9.17, 15) is 4.79 Å². The van der Waals surface area contributed by atoms with Crippen LogP contribution < -0.4 is 17.6 Å². The minimum Gasteiger partial charge on any atom is -0.477 e. The molecule has 8 aromatic heterocycles. The van der Waals surface area contributed by atoms with Gasteiger partial charge in [-0.1, -0.05) is 74.5 Å². The molecule has 18 heteroatoms. The van der Waals surface area contributed by atoms with E-state index in [1.54, 1.807) is 24.5 Å². The monoisotopic (exact) mass is 2840 g/mol. The maximum absolute atomic E-state index is 10.1. The predicted molar refractivity (Wildman–Crippen MR) is 598 cm³/mol. The molecule has 0 atom stereocenters. The number of aromatic nitrogens is 8. The molecule has 1 N–H and O–H groups in total. The van der Waals surface area contributed by atoms with Crippen molar-refractivity contribution >= 4 is 131 Å². The molecule has 0 fully saturated rings. The number of hydrogen-bond donors (Lipinski definition) is 1. The Bertz CT molecular complexity index is 6820. The van der Waals surface area contributed by atoms with Crippen LogP contribution in [0.1, 0.15) is 66.1 Å². The summed E-state index contributed by atoms with van der Waals surface area (Å²) in [5.74, 6) is 28.1. The fourth-order valence-electron chi connectivity index (χ4n) is 16.0. The Hall–Kier alpha value is -10.6. The standard InChI is InChI=1S/4C20H22GeN.C17H14N.2C11H8N.C6H5NO2.4Ir/c4*1-14-10-15(2)12-17(11-14)20-8-6-16-13-18(21(3,4)5)7-9-19(16)22-20;1-12-9-13(2)11-15(10-12)17-8-7-14-5-3-4-6-16(14)18-17;2*1-2-6-10(7-3-1)11-8-4-5-9-12-11;8-6(9)5-3-1-2-4-7-5;;;;/h4*6-11,13H,1-5H3;3-10H,1-2H3;2*1-6,8-9H;1-4H,(H,8,9);;;;/q7*-1;;;;;. The number of fused-ring (bicyclic) bond motifs is 5. The van der Waals surface area contributed by atoms with Crippen molar-refractivity contribution in [2.75, 3.05) is 0 Å². The fraction of sp³-hybridized carbons (Fsp3) is 0.176. The molecule has 20 rings (SSSR count). The van der Waals surface area contributed by atoms with E-state index in [2.05, 4.69) is 396 Å². The van der Waals surface area contributed by atoms with Gasteiger partial charge in [0, 0.05) is 99.0 Å². The molecule has 734 valence electrons. The molecule has 0 saturated carbocycles. The van der Waals surface area contributed by atoms with Crippen LogP contribution in [0.3, 0.4) is 0 Å². The minimum atomic E-state index is -1.78. The molecular formula is C125H123Ge4Ir4N8O2-7. The van der Waals surface area contributed by atoms with Gasteiger partial charge in [-0.05, 0) is 52.8 Å². The van der Waals surface area contributed by atoms with E-state index in [0.717, 1.165) is 134 Å². The molecule has 0 aliphatic rings. The zero-order chi connectivity index (χ0) is 99.3. The third kappa shape index (κ3) is 34.3. The Balaban J connectivity index is 0.000000184. The Kier molecular flexibility index (Phi) is 43.4. The number of nitrogens with zero attached hydrogens (tertiary/aromatic N) is 8. The predicted octanol–water partition coefficient (Wildman–Crippen LogP) is 29.6. The quantitative estimate of drug-likeness (QED) is 0.0928. The van der Waals surface area contributed by atoms with Crippen molar-refractivity contribution in [2.24, 2.45) is 0 Å². The fourth-order valence-corrected chi connectivity index (χ4v) is 25.8. The molecule has 0 aliphatic carbocycles. The van der Waals surface area contributed by atoms with Gasteiger partial charge < -0.3 is 15.1 Å². The summed E-state index contributed by atoms with van der Waals surface area (Å²) < 4.78 is 6.11. The van der Waals surface area contributed by atoms with Gasteiger partial charge in [-0.3, -0.25) is 4.98 Å². The molecule has 0 amide bonds. The van der Waals surface area contributed by atoms with E-state index >= 15 is 0 Å². The van der Waals surface area contributed by atoms with Crippen molar-refractivity contribution in [3.8, 4) is 78.8 Å². The first-order valence-electron chi connectivity index (χ1n) is 47.2. The van der Waals surface area contributed by atoms with E-state index in [-0.39, 0.29) is 86.1 Å². The summed E-state index contributed by atoms with van der Waals surface area (Å²) in [6.45, 7) is 21.0. The first-order valence-corrected chi connectivity index (χ1v) is 76.6. The molecule has 10 nitrogen and oxygen atoms in total. The molecule has 8 heterocycles.